The maximum Gasteiger partial charge on any atom is 0.406 e. The fourth-order valence-corrected chi connectivity index (χ4v) is 2.71. The van der Waals surface area contributed by atoms with Gasteiger partial charge in [0.15, 0.2) is 0 Å². The van der Waals surface area contributed by atoms with E-state index in [2.05, 4.69) is 0 Å². The summed E-state index contributed by atoms with van der Waals surface area (Å²) in [6.45, 7) is -1.96. The van der Waals surface area contributed by atoms with Crippen LogP contribution in [0.2, 0.25) is 0 Å². The van der Waals surface area contributed by atoms with Gasteiger partial charge in [-0.2, -0.15) is 13.2 Å². The van der Waals surface area contributed by atoms with Crippen molar-refractivity contribution in [1.29, 1.82) is 0 Å². The molecule has 10 heteroatoms. The van der Waals surface area contributed by atoms with E-state index in [9.17, 15) is 32.3 Å². The van der Waals surface area contributed by atoms with Gasteiger partial charge in [0.1, 0.15) is 6.54 Å². The lowest BCUT2D eigenvalue weighted by molar-refractivity contribution is -0.174. The monoisotopic (exact) mass is 356 g/mol. The molecule has 1 aromatic carbocycles. The molecule has 132 valence electrons. The molecule has 0 aromatic heterocycles. The van der Waals surface area contributed by atoms with Crippen molar-refractivity contribution in [2.24, 2.45) is 5.92 Å². The summed E-state index contributed by atoms with van der Waals surface area (Å²) in [6.07, 6.45) is -5.06. The van der Waals surface area contributed by atoms with Crippen molar-refractivity contribution in [1.82, 2.24) is 9.96 Å². The number of halogens is 3. The zero-order valence-electron chi connectivity index (χ0n) is 12.6. The van der Waals surface area contributed by atoms with Crippen molar-refractivity contribution in [2.45, 2.75) is 12.6 Å². The first-order chi connectivity index (χ1) is 11.7. The number of benzene rings is 1. The SMILES string of the molecule is O=C(ON1C(=O)c2ccccc2C1=O)C1CC(=O)N(CC(F)(F)F)C1. The number of carbonyl (C=O) groups excluding carboxylic acids is 4. The van der Waals surface area contributed by atoms with Crippen LogP contribution in [0.25, 0.3) is 0 Å². The summed E-state index contributed by atoms with van der Waals surface area (Å²) in [5, 5.41) is 0.268. The minimum atomic E-state index is -4.59. The lowest BCUT2D eigenvalue weighted by Gasteiger charge is -2.18. The molecule has 7 nitrogen and oxygen atoms in total. The Kier molecular flexibility index (Phi) is 3.97. The van der Waals surface area contributed by atoms with Crippen LogP contribution in [0.15, 0.2) is 24.3 Å². The molecule has 0 spiro atoms. The van der Waals surface area contributed by atoms with E-state index in [1.165, 1.54) is 24.3 Å². The van der Waals surface area contributed by atoms with Gasteiger partial charge in [0.2, 0.25) is 5.91 Å². The Morgan fingerprint density at radius 3 is 2.20 bits per heavy atom. The third-order valence-electron chi connectivity index (χ3n) is 3.86. The zero-order chi connectivity index (χ0) is 18.4. The van der Waals surface area contributed by atoms with E-state index < -0.39 is 55.3 Å². The Morgan fingerprint density at radius 2 is 1.68 bits per heavy atom. The highest BCUT2D eigenvalue weighted by molar-refractivity contribution is 6.20. The number of hydroxylamine groups is 2. The predicted molar refractivity (Wildman–Crippen MR) is 73.8 cm³/mol. The quantitative estimate of drug-likeness (QED) is 0.759. The lowest BCUT2D eigenvalue weighted by atomic mass is 10.1. The van der Waals surface area contributed by atoms with Crippen LogP contribution in [0.1, 0.15) is 27.1 Å². The highest BCUT2D eigenvalue weighted by atomic mass is 19.4. The van der Waals surface area contributed by atoms with E-state index in [1.807, 2.05) is 0 Å². The Bertz CT molecular complexity index is 742. The Labute approximate surface area is 138 Å². The second kappa shape index (κ2) is 5.87. The van der Waals surface area contributed by atoms with Crippen LogP contribution in [0, 0.1) is 5.92 Å². The fourth-order valence-electron chi connectivity index (χ4n) is 2.71. The van der Waals surface area contributed by atoms with Gasteiger partial charge in [-0.1, -0.05) is 17.2 Å². The van der Waals surface area contributed by atoms with Crippen LogP contribution in [0.5, 0.6) is 0 Å². The lowest BCUT2D eigenvalue weighted by Crippen LogP contribution is -2.37. The highest BCUT2D eigenvalue weighted by Gasteiger charge is 2.44. The van der Waals surface area contributed by atoms with Crippen molar-refractivity contribution < 1.29 is 37.2 Å². The molecular weight excluding hydrogens is 345 g/mol. The van der Waals surface area contributed by atoms with Crippen LogP contribution >= 0.6 is 0 Å². The number of hydrogen-bond acceptors (Lipinski definition) is 5. The molecule has 1 saturated heterocycles. The Balaban J connectivity index is 1.67. The van der Waals surface area contributed by atoms with Gasteiger partial charge in [-0.05, 0) is 12.1 Å². The van der Waals surface area contributed by atoms with Gasteiger partial charge < -0.3 is 9.74 Å². The van der Waals surface area contributed by atoms with Gasteiger partial charge in [0.25, 0.3) is 11.8 Å². The molecule has 1 fully saturated rings. The number of fused-ring (bicyclic) bond motifs is 1. The number of carbonyl (C=O) groups is 4. The van der Waals surface area contributed by atoms with Gasteiger partial charge in [-0.3, -0.25) is 14.4 Å². The maximum atomic E-state index is 12.4. The molecule has 0 saturated carbocycles. The molecule has 2 aliphatic heterocycles. The molecule has 0 N–H and O–H groups in total. The molecule has 0 aliphatic carbocycles. The van der Waals surface area contributed by atoms with Crippen molar-refractivity contribution in [3.8, 4) is 0 Å². The average molecular weight is 356 g/mol. The minimum Gasteiger partial charge on any atom is -0.333 e. The van der Waals surface area contributed by atoms with E-state index in [4.69, 9.17) is 4.84 Å². The summed E-state index contributed by atoms with van der Waals surface area (Å²) in [6, 6.07) is 5.82. The number of imide groups is 1. The third kappa shape index (κ3) is 3.19. The second-order valence-electron chi connectivity index (χ2n) is 5.65. The predicted octanol–water partition coefficient (Wildman–Crippen LogP) is 1.15. The molecule has 1 aromatic rings. The number of amides is 3. The minimum absolute atomic E-state index is 0.0569. The van der Waals surface area contributed by atoms with E-state index >= 15 is 0 Å². The van der Waals surface area contributed by atoms with Gasteiger partial charge in [-0.25, -0.2) is 4.79 Å². The van der Waals surface area contributed by atoms with E-state index in [0.717, 1.165) is 0 Å². The van der Waals surface area contributed by atoms with Crippen molar-refractivity contribution in [3.63, 3.8) is 0 Å². The molecule has 25 heavy (non-hydrogen) atoms. The molecule has 0 radical (unpaired) electrons. The second-order valence-corrected chi connectivity index (χ2v) is 5.65. The first kappa shape index (κ1) is 16.9. The van der Waals surface area contributed by atoms with Crippen LogP contribution in [-0.2, 0) is 14.4 Å². The van der Waals surface area contributed by atoms with Gasteiger partial charge in [0, 0.05) is 13.0 Å². The first-order valence-corrected chi connectivity index (χ1v) is 7.21. The molecule has 3 amide bonds. The van der Waals surface area contributed by atoms with Crippen LogP contribution in [0.3, 0.4) is 0 Å². The smallest absolute Gasteiger partial charge is 0.333 e. The normalized spacial score (nSPS) is 20.3. The van der Waals surface area contributed by atoms with Crippen molar-refractivity contribution >= 4 is 23.7 Å². The molecule has 2 heterocycles. The average Bonchev–Trinajstić information content (AvgIpc) is 3.00. The molecule has 2 aliphatic rings. The summed E-state index contributed by atoms with van der Waals surface area (Å²) in [5.74, 6) is -4.82. The Morgan fingerprint density at radius 1 is 1.12 bits per heavy atom. The number of alkyl halides is 3. The zero-order valence-corrected chi connectivity index (χ0v) is 12.6. The third-order valence-corrected chi connectivity index (χ3v) is 3.86. The van der Waals surface area contributed by atoms with Crippen LogP contribution in [0.4, 0.5) is 13.2 Å². The Hall–Kier alpha value is -2.91. The molecule has 0 bridgehead atoms. The van der Waals surface area contributed by atoms with Crippen LogP contribution < -0.4 is 0 Å². The highest BCUT2D eigenvalue weighted by Crippen LogP contribution is 2.27. The topological polar surface area (TPSA) is 84.0 Å². The number of nitrogens with zero attached hydrogens (tertiary/aromatic N) is 2. The van der Waals surface area contributed by atoms with Gasteiger partial charge in [0.05, 0.1) is 17.0 Å². The summed E-state index contributed by atoms with van der Waals surface area (Å²) in [4.78, 5) is 53.1. The fraction of sp³-hybridized carbons (Fsp3) is 0.333. The van der Waals surface area contributed by atoms with Gasteiger partial charge in [-0.15, -0.1) is 0 Å². The number of rotatable bonds is 3. The largest absolute Gasteiger partial charge is 0.406 e. The van der Waals surface area contributed by atoms with Crippen LogP contribution in [-0.4, -0.2) is 52.9 Å². The first-order valence-electron chi connectivity index (χ1n) is 7.21. The standard InChI is InChI=1S/C15H11F3N2O5/c16-15(17,18)7-19-6-8(5-11(19)21)14(24)25-20-12(22)9-3-1-2-4-10(9)13(20)23/h1-4,8H,5-7H2. The van der Waals surface area contributed by atoms with Gasteiger partial charge >= 0.3 is 12.1 Å². The van der Waals surface area contributed by atoms with Crippen molar-refractivity contribution in [3.05, 3.63) is 35.4 Å². The molecule has 3 rings (SSSR count). The summed E-state index contributed by atoms with van der Waals surface area (Å²) in [7, 11) is 0. The van der Waals surface area contributed by atoms with Crippen molar-refractivity contribution in [2.75, 3.05) is 13.1 Å². The molecule has 1 unspecified atom stereocenters. The molecule has 1 atom stereocenters. The summed E-state index contributed by atoms with van der Waals surface area (Å²) in [5.41, 5.74) is 0.114. The summed E-state index contributed by atoms with van der Waals surface area (Å²) < 4.78 is 37.1. The van der Waals surface area contributed by atoms with E-state index in [1.54, 1.807) is 0 Å². The summed E-state index contributed by atoms with van der Waals surface area (Å²) >= 11 is 0. The maximum absolute atomic E-state index is 12.4. The van der Waals surface area contributed by atoms with E-state index in [0.29, 0.717) is 4.90 Å². The van der Waals surface area contributed by atoms with E-state index in [-0.39, 0.29) is 16.2 Å². The number of likely N-dealkylation sites (tertiary alicyclic amines) is 1. The number of hydrogen-bond donors (Lipinski definition) is 0. The molecular formula is C15H11F3N2O5.